The summed E-state index contributed by atoms with van der Waals surface area (Å²) < 4.78 is 58.0. The van der Waals surface area contributed by atoms with E-state index in [2.05, 4.69) is 14.8 Å². The van der Waals surface area contributed by atoms with E-state index in [4.69, 9.17) is 0 Å². The summed E-state index contributed by atoms with van der Waals surface area (Å²) in [4.78, 5) is 2.27. The van der Waals surface area contributed by atoms with Gasteiger partial charge < -0.3 is 24.8 Å². The zero-order valence-electron chi connectivity index (χ0n) is 25.3. The van der Waals surface area contributed by atoms with Gasteiger partial charge in [-0.25, -0.2) is 16.8 Å². The molecule has 0 aromatic heterocycles. The van der Waals surface area contributed by atoms with Crippen LogP contribution in [0.3, 0.4) is 0 Å². The first-order chi connectivity index (χ1) is 19.3. The fourth-order valence-electron chi connectivity index (χ4n) is 3.29. The van der Waals surface area contributed by atoms with Crippen LogP contribution < -0.4 is 5.11 Å². The van der Waals surface area contributed by atoms with Gasteiger partial charge in [0.25, 0.3) is 0 Å². The van der Waals surface area contributed by atoms with E-state index in [-0.39, 0.29) is 44.6 Å². The quantitative estimate of drug-likeness (QED) is 0.253. The van der Waals surface area contributed by atoms with Gasteiger partial charge >= 0.3 is 21.7 Å². The van der Waals surface area contributed by atoms with E-state index in [0.29, 0.717) is 19.6 Å². The third-order valence-electron chi connectivity index (χ3n) is 5.24. The number of hydrogen-bond acceptors (Lipinski definition) is 6. The first-order valence-electron chi connectivity index (χ1n) is 13.2. The molecule has 9 nitrogen and oxygen atoms in total. The molecule has 0 heterocycles. The first kappa shape index (κ1) is 40.1. The van der Waals surface area contributed by atoms with Gasteiger partial charge in [-0.2, -0.15) is 14.1 Å². The molecule has 0 saturated carbocycles. The fourth-order valence-corrected chi connectivity index (χ4v) is 5.19. The van der Waals surface area contributed by atoms with Gasteiger partial charge in [-0.1, -0.05) is 79.6 Å². The fraction of sp³-hybridized carbons (Fsp3) is 0.400. The van der Waals surface area contributed by atoms with Gasteiger partial charge in [0.15, 0.2) is 0 Å². The van der Waals surface area contributed by atoms with E-state index in [9.17, 15) is 21.9 Å². The van der Waals surface area contributed by atoms with Crippen molar-refractivity contribution in [3.63, 3.8) is 0 Å². The minimum absolute atomic E-state index is 0. The Hall–Kier alpha value is -1.93. The monoisotopic (exact) mass is 650 g/mol. The van der Waals surface area contributed by atoms with Gasteiger partial charge in [0.05, 0.1) is 0 Å². The molecule has 3 aromatic rings. The second-order valence-electron chi connectivity index (χ2n) is 9.54. The number of nitrogens with zero attached hydrogens (tertiary/aromatic N) is 4. The average Bonchev–Trinajstić information content (AvgIpc) is 2.90. The number of sulfonamides is 2. The van der Waals surface area contributed by atoms with Gasteiger partial charge in [0, 0.05) is 16.3 Å². The molecular weight excluding hydrogens is 608 g/mol. The van der Waals surface area contributed by atoms with Crippen molar-refractivity contribution >= 4 is 20.0 Å². The summed E-state index contributed by atoms with van der Waals surface area (Å²) in [5.74, 6) is 0. The molecule has 0 atom stereocenters. The molecule has 0 aliphatic heterocycles. The van der Waals surface area contributed by atoms with Gasteiger partial charge in [0.1, 0.15) is 20.0 Å². The molecule has 0 radical (unpaired) electrons. The van der Waals surface area contributed by atoms with Crippen molar-refractivity contribution in [1.82, 2.24) is 4.90 Å². The Morgan fingerprint density at radius 2 is 1.02 bits per heavy atom. The zero-order valence-corrected chi connectivity index (χ0v) is 28.5. The topological polar surface area (TPSA) is 137 Å². The van der Waals surface area contributed by atoms with Crippen molar-refractivity contribution in [3.8, 4) is 0 Å². The Morgan fingerprint density at radius 3 is 1.36 bits per heavy atom. The first-order valence-corrected chi connectivity index (χ1v) is 16.1. The number of hydrogen-bond donors (Lipinski definition) is 0. The van der Waals surface area contributed by atoms with Crippen LogP contribution in [0, 0.1) is 13.8 Å². The average molecular weight is 651 g/mol. The number of aryl methyl sites for hydroxylation is 2. The van der Waals surface area contributed by atoms with Crippen LogP contribution in [-0.4, -0.2) is 68.1 Å². The summed E-state index contributed by atoms with van der Waals surface area (Å²) >= 11 is 0. The summed E-state index contributed by atoms with van der Waals surface area (Å²) in [6, 6.07) is 22.8. The molecule has 0 saturated heterocycles. The standard InChI is InChI=1S/C25H29N3O4S2.C3H7O.C2H6N.Ti/c1-21-8-12-24(13-9-21)33(29,30)26-16-18-28(20-23-6-4-3-5-7-23)19-17-27-34(31,32)25-14-10-22(2)11-15-25;1-3(2)4;1-3-2;/h3-15H,16-20H2,1-2H3;3H,1-2H3;1-2H3;/q-2;2*-1;+4. The van der Waals surface area contributed by atoms with Crippen molar-refractivity contribution in [3.05, 3.63) is 110 Å². The largest absolute Gasteiger partial charge is 4.00 e. The summed E-state index contributed by atoms with van der Waals surface area (Å²) in [5.41, 5.74) is 2.97. The van der Waals surface area contributed by atoms with Gasteiger partial charge in [-0.3, -0.25) is 0 Å². The maximum absolute atomic E-state index is 12.5. The van der Waals surface area contributed by atoms with Gasteiger partial charge in [0.2, 0.25) is 0 Å². The third kappa shape index (κ3) is 16.6. The van der Waals surface area contributed by atoms with Crippen molar-refractivity contribution in [1.29, 1.82) is 0 Å². The molecule has 0 fully saturated rings. The molecule has 228 valence electrons. The van der Waals surface area contributed by atoms with Crippen LogP contribution in [-0.2, 0) is 48.3 Å². The van der Waals surface area contributed by atoms with Gasteiger partial charge in [-0.15, -0.1) is 19.2 Å². The molecule has 3 rings (SSSR count). The van der Waals surface area contributed by atoms with Crippen molar-refractivity contribution in [2.45, 2.75) is 50.1 Å². The van der Waals surface area contributed by atoms with Gasteiger partial charge in [-0.05, 0) is 56.8 Å². The summed E-state index contributed by atoms with van der Waals surface area (Å²) in [6.07, 6.45) is -0.417. The summed E-state index contributed by atoms with van der Waals surface area (Å²) in [6.45, 7) is 8.35. The molecule has 0 unspecified atom stereocenters. The minimum atomic E-state index is -3.75. The maximum Gasteiger partial charge on any atom is 4.00 e. The van der Waals surface area contributed by atoms with E-state index in [1.807, 2.05) is 49.1 Å². The predicted molar refractivity (Wildman–Crippen MR) is 165 cm³/mol. The normalized spacial score (nSPS) is 11.2. The molecule has 0 N–H and O–H groups in total. The van der Waals surface area contributed by atoms with Crippen molar-refractivity contribution in [2.75, 3.05) is 40.3 Å². The van der Waals surface area contributed by atoms with Crippen LogP contribution in [0.2, 0.25) is 0 Å². The molecule has 0 amide bonds. The molecule has 3 aromatic carbocycles. The second-order valence-corrected chi connectivity index (χ2v) is 12.9. The predicted octanol–water partition coefficient (Wildman–Crippen LogP) is 5.00. The smallest absolute Gasteiger partial charge is 0.852 e. The number of benzene rings is 3. The minimum Gasteiger partial charge on any atom is -0.852 e. The van der Waals surface area contributed by atoms with E-state index in [0.717, 1.165) is 16.7 Å². The Kier molecular flexibility index (Phi) is 19.9. The molecule has 0 bridgehead atoms. The Balaban J connectivity index is 0.00000190. The van der Waals surface area contributed by atoms with Crippen LogP contribution in [0.5, 0.6) is 0 Å². The van der Waals surface area contributed by atoms with Crippen LogP contribution in [0.25, 0.3) is 14.8 Å². The Bertz CT molecular complexity index is 1250. The molecule has 0 aliphatic carbocycles. The number of rotatable bonds is 12. The van der Waals surface area contributed by atoms with Crippen molar-refractivity contribution in [2.24, 2.45) is 0 Å². The Labute approximate surface area is 268 Å². The third-order valence-corrected chi connectivity index (χ3v) is 8.02. The van der Waals surface area contributed by atoms with Crippen LogP contribution in [0.1, 0.15) is 30.5 Å². The molecule has 0 aliphatic rings. The second kappa shape index (κ2) is 20.9. The van der Waals surface area contributed by atoms with Crippen molar-refractivity contribution < 1.29 is 43.7 Å². The van der Waals surface area contributed by atoms with E-state index >= 15 is 0 Å². The Morgan fingerprint density at radius 1 is 0.690 bits per heavy atom. The van der Waals surface area contributed by atoms with E-state index < -0.39 is 26.2 Å². The van der Waals surface area contributed by atoms with Crippen LogP contribution >= 0.6 is 0 Å². The summed E-state index contributed by atoms with van der Waals surface area (Å²) in [5, 5.41) is 13.0. The summed E-state index contributed by atoms with van der Waals surface area (Å²) in [7, 11) is -4.00. The van der Waals surface area contributed by atoms with E-state index in [1.54, 1.807) is 76.5 Å². The maximum atomic E-state index is 12.5. The molecule has 0 spiro atoms. The van der Waals surface area contributed by atoms with Crippen LogP contribution in [0.15, 0.2) is 88.7 Å². The molecule has 42 heavy (non-hydrogen) atoms. The molecule has 12 heteroatoms. The SMILES string of the molecule is CC(C)[O-].C[N-]C.Cc1ccc(S(=O)(=O)[N-]CCN(CC[N-]S(=O)(=O)c2ccc(C)cc2)Cc2ccccc2)cc1.[Ti+4]. The zero-order chi connectivity index (χ0) is 30.9. The van der Waals surface area contributed by atoms with Crippen LogP contribution in [0.4, 0.5) is 0 Å². The van der Waals surface area contributed by atoms with E-state index in [1.165, 1.54) is 0 Å². The molecular formula is C30H42N4O5S2Ti.